The highest BCUT2D eigenvalue weighted by Crippen LogP contribution is 2.31. The second-order valence-electron chi connectivity index (χ2n) is 4.51. The second-order valence-corrected chi connectivity index (χ2v) is 4.51. The highest BCUT2D eigenvalue weighted by Gasteiger charge is 2.41. The Bertz CT molecular complexity index is 261. The number of hydrogen-bond acceptors (Lipinski definition) is 2. The van der Waals surface area contributed by atoms with Gasteiger partial charge in [-0.1, -0.05) is 27.2 Å². The fourth-order valence-corrected chi connectivity index (χ4v) is 2.00. The van der Waals surface area contributed by atoms with E-state index in [9.17, 15) is 13.2 Å². The van der Waals surface area contributed by atoms with Crippen molar-refractivity contribution in [1.29, 1.82) is 0 Å². The highest BCUT2D eigenvalue weighted by atomic mass is 19.4. The molecule has 0 aromatic heterocycles. The third-order valence-electron chi connectivity index (χ3n) is 3.00. The molecule has 0 spiro atoms. The lowest BCUT2D eigenvalue weighted by molar-refractivity contribution is -0.200. The lowest BCUT2D eigenvalue weighted by atomic mass is 9.82. The van der Waals surface area contributed by atoms with Crippen LogP contribution in [-0.2, 0) is 4.74 Å². The molecule has 17 heavy (non-hydrogen) atoms. The summed E-state index contributed by atoms with van der Waals surface area (Å²) in [5, 5.41) is 0. The zero-order chi connectivity index (χ0) is 13.7. The quantitative estimate of drug-likeness (QED) is 0.659. The maximum Gasteiger partial charge on any atom is 0.411 e. The number of hydrogen-bond donors (Lipinski definition) is 0. The number of halogens is 3. The molecule has 0 aromatic carbocycles. The van der Waals surface area contributed by atoms with Crippen LogP contribution in [0.5, 0.6) is 0 Å². The fourth-order valence-electron chi connectivity index (χ4n) is 2.00. The van der Waals surface area contributed by atoms with Gasteiger partial charge in [0.05, 0.1) is 0 Å². The molecule has 2 nitrogen and oxygen atoms in total. The van der Waals surface area contributed by atoms with Gasteiger partial charge in [0.25, 0.3) is 0 Å². The third-order valence-corrected chi connectivity index (χ3v) is 3.00. The summed E-state index contributed by atoms with van der Waals surface area (Å²) in [6.45, 7) is 6.16. The van der Waals surface area contributed by atoms with Gasteiger partial charge >= 0.3 is 6.18 Å². The lowest BCUT2D eigenvalue weighted by Crippen LogP contribution is -2.47. The van der Waals surface area contributed by atoms with Crippen molar-refractivity contribution in [2.24, 2.45) is 10.9 Å². The van der Waals surface area contributed by atoms with Gasteiger partial charge in [-0.25, -0.2) is 0 Å². The van der Waals surface area contributed by atoms with E-state index in [1.165, 1.54) is 0 Å². The molecular weight excluding hydrogens is 231 g/mol. The predicted molar refractivity (Wildman–Crippen MR) is 63.5 cm³/mol. The molecule has 0 amide bonds. The fraction of sp³-hybridized carbons (Fsp3) is 0.917. The Labute approximate surface area is 101 Å². The molecule has 0 aliphatic carbocycles. The van der Waals surface area contributed by atoms with Crippen LogP contribution in [0.1, 0.15) is 40.5 Å². The summed E-state index contributed by atoms with van der Waals surface area (Å²) in [4.78, 5) is 4.03. The summed E-state index contributed by atoms with van der Waals surface area (Å²) >= 11 is 0. The number of rotatable bonds is 6. The Morgan fingerprint density at radius 1 is 1.29 bits per heavy atom. The first kappa shape index (κ1) is 16.4. The minimum absolute atomic E-state index is 0.0477. The Hall–Kier alpha value is -0.580. The maximum atomic E-state index is 12.3. The van der Waals surface area contributed by atoms with E-state index in [2.05, 4.69) is 4.99 Å². The van der Waals surface area contributed by atoms with Gasteiger partial charge in [0, 0.05) is 12.8 Å². The molecule has 0 fully saturated rings. The van der Waals surface area contributed by atoms with Gasteiger partial charge in [-0.05, 0) is 19.3 Å². The van der Waals surface area contributed by atoms with E-state index in [4.69, 9.17) is 4.74 Å². The van der Waals surface area contributed by atoms with Gasteiger partial charge < -0.3 is 4.74 Å². The molecule has 0 saturated heterocycles. The molecule has 102 valence electrons. The highest BCUT2D eigenvalue weighted by molar-refractivity contribution is 5.90. The molecule has 0 saturated carbocycles. The minimum atomic E-state index is -4.30. The molecule has 1 atom stereocenters. The molecule has 0 aliphatic rings. The molecule has 0 aliphatic heterocycles. The molecule has 0 aromatic rings. The molecule has 5 heteroatoms. The van der Waals surface area contributed by atoms with Crippen LogP contribution in [0, 0.1) is 5.92 Å². The normalized spacial score (nSPS) is 17.4. The van der Waals surface area contributed by atoms with E-state index < -0.39 is 18.4 Å². The summed E-state index contributed by atoms with van der Waals surface area (Å²) in [5.74, 6) is -0.0477. The van der Waals surface area contributed by atoms with Gasteiger partial charge in [-0.2, -0.15) is 13.2 Å². The summed E-state index contributed by atoms with van der Waals surface area (Å²) in [5.41, 5.74) is -0.280. The average molecular weight is 253 g/mol. The first-order valence-corrected chi connectivity index (χ1v) is 5.84. The van der Waals surface area contributed by atoms with Crippen molar-refractivity contribution < 1.29 is 17.9 Å². The zero-order valence-corrected chi connectivity index (χ0v) is 11.2. The summed E-state index contributed by atoms with van der Waals surface area (Å²) in [7, 11) is 1.58. The van der Waals surface area contributed by atoms with Crippen LogP contribution in [0.2, 0.25) is 0 Å². The molecule has 0 rings (SSSR count). The predicted octanol–water partition coefficient (Wildman–Crippen LogP) is 3.85. The van der Waals surface area contributed by atoms with Crippen molar-refractivity contribution in [3.8, 4) is 0 Å². The van der Waals surface area contributed by atoms with E-state index in [1.54, 1.807) is 14.0 Å². The van der Waals surface area contributed by atoms with Gasteiger partial charge in [0.15, 0.2) is 0 Å². The Morgan fingerprint density at radius 2 is 1.82 bits per heavy atom. The first-order valence-electron chi connectivity index (χ1n) is 5.84. The van der Waals surface area contributed by atoms with E-state index >= 15 is 0 Å². The largest absolute Gasteiger partial charge is 0.411 e. The smallest absolute Gasteiger partial charge is 0.359 e. The van der Waals surface area contributed by atoms with E-state index in [0.29, 0.717) is 12.1 Å². The molecule has 0 bridgehead atoms. The lowest BCUT2D eigenvalue weighted by Gasteiger charge is -2.38. The monoisotopic (exact) mass is 253 g/mol. The van der Waals surface area contributed by atoms with Crippen LogP contribution in [0.25, 0.3) is 0 Å². The summed E-state index contributed by atoms with van der Waals surface area (Å²) in [6, 6.07) is 0. The molecule has 0 radical (unpaired) electrons. The zero-order valence-electron chi connectivity index (χ0n) is 11.2. The van der Waals surface area contributed by atoms with Crippen LogP contribution in [-0.4, -0.2) is 31.1 Å². The van der Waals surface area contributed by atoms with Crippen molar-refractivity contribution in [2.75, 3.05) is 13.7 Å². The Balaban J connectivity index is 5.05. The average Bonchev–Trinajstić information content (AvgIpc) is 2.21. The number of alkyl halides is 3. The van der Waals surface area contributed by atoms with Crippen molar-refractivity contribution >= 4 is 5.71 Å². The third kappa shape index (κ3) is 4.66. The number of nitrogens with zero attached hydrogens (tertiary/aromatic N) is 1. The van der Waals surface area contributed by atoms with Crippen molar-refractivity contribution in [1.82, 2.24) is 0 Å². The minimum Gasteiger partial charge on any atom is -0.359 e. The van der Waals surface area contributed by atoms with Crippen molar-refractivity contribution in [3.05, 3.63) is 0 Å². The van der Waals surface area contributed by atoms with E-state index in [1.807, 2.05) is 20.8 Å². The summed E-state index contributed by atoms with van der Waals surface area (Å²) < 4.78 is 42.1. The molecule has 1 unspecified atom stereocenters. The van der Waals surface area contributed by atoms with Gasteiger partial charge in [0.1, 0.15) is 12.2 Å². The van der Waals surface area contributed by atoms with E-state index in [-0.39, 0.29) is 5.92 Å². The Morgan fingerprint density at radius 3 is 2.12 bits per heavy atom. The SMILES string of the molecule is CCCC(OCC(F)(F)F)(C(C)=NC)C(C)C. The van der Waals surface area contributed by atoms with Crippen molar-refractivity contribution in [2.45, 2.75) is 52.3 Å². The van der Waals surface area contributed by atoms with Gasteiger partial charge in [-0.15, -0.1) is 0 Å². The van der Waals surface area contributed by atoms with Crippen molar-refractivity contribution in [3.63, 3.8) is 0 Å². The molecule has 0 N–H and O–H groups in total. The van der Waals surface area contributed by atoms with Crippen LogP contribution < -0.4 is 0 Å². The van der Waals surface area contributed by atoms with Crippen LogP contribution in [0.4, 0.5) is 13.2 Å². The topological polar surface area (TPSA) is 21.6 Å². The second kappa shape index (κ2) is 6.38. The molecular formula is C12H22F3NO. The van der Waals surface area contributed by atoms with E-state index in [0.717, 1.165) is 6.42 Å². The standard InChI is InChI=1S/C12H22F3NO/c1-6-7-11(9(2)3,10(4)16-5)17-8-12(13,14)15/h9H,6-8H2,1-5H3. The first-order chi connectivity index (χ1) is 7.69. The van der Waals surface area contributed by atoms with Crippen LogP contribution in [0.3, 0.4) is 0 Å². The van der Waals surface area contributed by atoms with Gasteiger partial charge in [0.2, 0.25) is 0 Å². The van der Waals surface area contributed by atoms with Crippen LogP contribution >= 0.6 is 0 Å². The van der Waals surface area contributed by atoms with Gasteiger partial charge in [-0.3, -0.25) is 4.99 Å². The maximum absolute atomic E-state index is 12.3. The van der Waals surface area contributed by atoms with Crippen LogP contribution in [0.15, 0.2) is 4.99 Å². The summed E-state index contributed by atoms with van der Waals surface area (Å²) in [6.07, 6.45) is -3.01. The number of ether oxygens (including phenoxy) is 1. The molecule has 0 heterocycles. The Kier molecular flexibility index (Phi) is 6.16. The number of aliphatic imine (C=N–C) groups is 1.